The van der Waals surface area contributed by atoms with E-state index in [1.165, 1.54) is 0 Å². The predicted molar refractivity (Wildman–Crippen MR) is 92.0 cm³/mol. The Kier molecular flexibility index (Phi) is 5.28. The van der Waals surface area contributed by atoms with Gasteiger partial charge in [-0.05, 0) is 53.8 Å². The minimum atomic E-state index is -0.534. The quantitative estimate of drug-likeness (QED) is 0.727. The fraction of sp³-hybridized carbons (Fsp3) is 0.529. The maximum Gasteiger partial charge on any atom is 0.245 e. The number of nitrogens with one attached hydrogen (secondary N) is 1. The summed E-state index contributed by atoms with van der Waals surface area (Å²) in [4.78, 5) is 12.8. The second-order valence-corrected chi connectivity index (χ2v) is 6.49. The van der Waals surface area contributed by atoms with Crippen LogP contribution in [0.2, 0.25) is 0 Å². The number of methoxy groups -OCH3 is 1. The summed E-state index contributed by atoms with van der Waals surface area (Å²) in [5.74, 6) is 1.75. The number of benzene rings is 1. The Balaban J connectivity index is 1.74. The second kappa shape index (κ2) is 7.60. The molecule has 0 spiro atoms. The van der Waals surface area contributed by atoms with Gasteiger partial charge in [-0.15, -0.1) is 5.10 Å². The van der Waals surface area contributed by atoms with Crippen LogP contribution < -0.4 is 15.8 Å². The summed E-state index contributed by atoms with van der Waals surface area (Å²) in [7, 11) is 1.62. The van der Waals surface area contributed by atoms with Gasteiger partial charge in [-0.2, -0.15) is 0 Å². The molecular weight excluding hydrogens is 320 g/mol. The largest absolute Gasteiger partial charge is 0.497 e. The number of carbonyl (C=O) groups excluding carboxylic acids is 1. The maximum absolute atomic E-state index is 12.8. The summed E-state index contributed by atoms with van der Waals surface area (Å²) in [5.41, 5.74) is 7.06. The van der Waals surface area contributed by atoms with Crippen LogP contribution in [0.25, 0.3) is 0 Å². The molecule has 1 aromatic heterocycles. The SMILES string of the molecule is COc1cccc(CC(C(=O)NCC(N)C2CC2)n2nnnc2C)c1. The summed E-state index contributed by atoms with van der Waals surface area (Å²) in [6.45, 7) is 2.25. The van der Waals surface area contributed by atoms with Crippen LogP contribution in [-0.2, 0) is 11.2 Å². The first-order valence-electron chi connectivity index (χ1n) is 8.49. The molecule has 2 aromatic rings. The van der Waals surface area contributed by atoms with Crippen molar-refractivity contribution in [2.75, 3.05) is 13.7 Å². The Morgan fingerprint density at radius 3 is 2.92 bits per heavy atom. The minimum Gasteiger partial charge on any atom is -0.497 e. The van der Waals surface area contributed by atoms with Gasteiger partial charge in [-0.3, -0.25) is 4.79 Å². The van der Waals surface area contributed by atoms with Gasteiger partial charge in [0.15, 0.2) is 0 Å². The lowest BCUT2D eigenvalue weighted by atomic mass is 10.0. The van der Waals surface area contributed by atoms with E-state index in [2.05, 4.69) is 20.8 Å². The number of ether oxygens (including phenoxy) is 1. The molecule has 1 heterocycles. The number of nitrogens with zero attached hydrogens (tertiary/aromatic N) is 4. The van der Waals surface area contributed by atoms with Crippen molar-refractivity contribution < 1.29 is 9.53 Å². The van der Waals surface area contributed by atoms with Crippen molar-refractivity contribution >= 4 is 5.91 Å². The van der Waals surface area contributed by atoms with E-state index in [4.69, 9.17) is 10.5 Å². The van der Waals surface area contributed by atoms with E-state index in [-0.39, 0.29) is 11.9 Å². The van der Waals surface area contributed by atoms with Crippen molar-refractivity contribution in [1.82, 2.24) is 25.5 Å². The zero-order chi connectivity index (χ0) is 17.8. The van der Waals surface area contributed by atoms with Crippen LogP contribution in [0.5, 0.6) is 5.75 Å². The van der Waals surface area contributed by atoms with E-state index in [0.717, 1.165) is 24.2 Å². The molecule has 8 heteroatoms. The molecule has 1 saturated carbocycles. The fourth-order valence-corrected chi connectivity index (χ4v) is 2.87. The molecule has 0 saturated heterocycles. The Hall–Kier alpha value is -2.48. The monoisotopic (exact) mass is 344 g/mol. The van der Waals surface area contributed by atoms with Gasteiger partial charge in [0.25, 0.3) is 0 Å². The Morgan fingerprint density at radius 2 is 2.28 bits per heavy atom. The number of hydrogen-bond acceptors (Lipinski definition) is 6. The van der Waals surface area contributed by atoms with E-state index < -0.39 is 6.04 Å². The van der Waals surface area contributed by atoms with Crippen molar-refractivity contribution in [3.05, 3.63) is 35.7 Å². The molecule has 0 bridgehead atoms. The van der Waals surface area contributed by atoms with Gasteiger partial charge in [0.2, 0.25) is 5.91 Å². The van der Waals surface area contributed by atoms with Crippen molar-refractivity contribution in [3.8, 4) is 5.75 Å². The zero-order valence-corrected chi connectivity index (χ0v) is 14.6. The molecular formula is C17H24N6O2. The smallest absolute Gasteiger partial charge is 0.245 e. The minimum absolute atomic E-state index is 0.0105. The number of tetrazole rings is 1. The first kappa shape index (κ1) is 17.3. The molecule has 3 rings (SSSR count). The lowest BCUT2D eigenvalue weighted by Gasteiger charge is -2.19. The summed E-state index contributed by atoms with van der Waals surface area (Å²) >= 11 is 0. The summed E-state index contributed by atoms with van der Waals surface area (Å²) in [6.07, 6.45) is 2.76. The van der Waals surface area contributed by atoms with E-state index in [0.29, 0.717) is 24.7 Å². The van der Waals surface area contributed by atoms with Gasteiger partial charge < -0.3 is 15.8 Å². The third-order valence-electron chi connectivity index (χ3n) is 4.56. The molecule has 2 unspecified atom stereocenters. The van der Waals surface area contributed by atoms with Crippen LogP contribution in [0.3, 0.4) is 0 Å². The molecule has 134 valence electrons. The average molecular weight is 344 g/mol. The highest BCUT2D eigenvalue weighted by molar-refractivity contribution is 5.80. The van der Waals surface area contributed by atoms with E-state index in [1.54, 1.807) is 18.7 Å². The number of rotatable bonds is 8. The molecule has 1 amide bonds. The van der Waals surface area contributed by atoms with Crippen molar-refractivity contribution in [3.63, 3.8) is 0 Å². The molecule has 0 radical (unpaired) electrons. The number of amides is 1. The summed E-state index contributed by atoms with van der Waals surface area (Å²) in [5, 5.41) is 14.5. The molecule has 0 aliphatic heterocycles. The van der Waals surface area contributed by atoms with Gasteiger partial charge in [0.05, 0.1) is 7.11 Å². The fourth-order valence-electron chi connectivity index (χ4n) is 2.87. The highest BCUT2D eigenvalue weighted by atomic mass is 16.5. The third-order valence-corrected chi connectivity index (χ3v) is 4.56. The molecule has 8 nitrogen and oxygen atoms in total. The van der Waals surface area contributed by atoms with E-state index >= 15 is 0 Å². The normalized spacial score (nSPS) is 16.3. The van der Waals surface area contributed by atoms with Crippen LogP contribution in [0.4, 0.5) is 0 Å². The number of aromatic nitrogens is 4. The van der Waals surface area contributed by atoms with Gasteiger partial charge in [-0.25, -0.2) is 4.68 Å². The van der Waals surface area contributed by atoms with Crippen molar-refractivity contribution in [2.24, 2.45) is 11.7 Å². The lowest BCUT2D eigenvalue weighted by Crippen LogP contribution is -2.42. The Morgan fingerprint density at radius 1 is 1.48 bits per heavy atom. The van der Waals surface area contributed by atoms with Gasteiger partial charge in [0, 0.05) is 19.0 Å². The van der Waals surface area contributed by atoms with Crippen molar-refractivity contribution in [2.45, 2.75) is 38.3 Å². The molecule has 2 atom stereocenters. The van der Waals surface area contributed by atoms with Crippen LogP contribution in [0.1, 0.15) is 30.3 Å². The van der Waals surface area contributed by atoms with Crippen LogP contribution in [0.15, 0.2) is 24.3 Å². The predicted octanol–water partition coefficient (Wildman–Crippen LogP) is 0.627. The van der Waals surface area contributed by atoms with Crippen LogP contribution in [0, 0.1) is 12.8 Å². The zero-order valence-electron chi connectivity index (χ0n) is 14.6. The van der Waals surface area contributed by atoms with Crippen LogP contribution >= 0.6 is 0 Å². The number of nitrogens with two attached hydrogens (primary N) is 1. The molecule has 3 N–H and O–H groups in total. The highest BCUT2D eigenvalue weighted by Gasteiger charge is 2.30. The Labute approximate surface area is 146 Å². The third kappa shape index (κ3) is 4.33. The summed E-state index contributed by atoms with van der Waals surface area (Å²) in [6, 6.07) is 7.12. The molecule has 1 aromatic carbocycles. The highest BCUT2D eigenvalue weighted by Crippen LogP contribution is 2.31. The standard InChI is InChI=1S/C17H24N6O2/c1-11-20-21-22-23(11)16(9-12-4-3-5-14(8-12)25-2)17(24)19-10-15(18)13-6-7-13/h3-5,8,13,15-16H,6-7,9-10,18H2,1-2H3,(H,19,24). The topological polar surface area (TPSA) is 108 Å². The van der Waals surface area contributed by atoms with Gasteiger partial charge >= 0.3 is 0 Å². The second-order valence-electron chi connectivity index (χ2n) is 6.49. The maximum atomic E-state index is 12.8. The van der Waals surface area contributed by atoms with Crippen LogP contribution in [-0.4, -0.2) is 45.8 Å². The molecule has 1 aliphatic carbocycles. The molecule has 25 heavy (non-hydrogen) atoms. The number of carbonyl (C=O) groups is 1. The molecule has 1 fully saturated rings. The van der Waals surface area contributed by atoms with E-state index in [9.17, 15) is 4.79 Å². The van der Waals surface area contributed by atoms with Gasteiger partial charge in [0.1, 0.15) is 17.6 Å². The molecule has 1 aliphatic rings. The first-order chi connectivity index (χ1) is 12.1. The van der Waals surface area contributed by atoms with Crippen molar-refractivity contribution in [1.29, 1.82) is 0 Å². The summed E-state index contributed by atoms with van der Waals surface area (Å²) < 4.78 is 6.81. The lowest BCUT2D eigenvalue weighted by molar-refractivity contribution is -0.124. The number of hydrogen-bond donors (Lipinski definition) is 2. The Bertz CT molecular complexity index is 727. The first-order valence-corrected chi connectivity index (χ1v) is 8.49. The number of aryl methyl sites for hydroxylation is 1. The average Bonchev–Trinajstić information content (AvgIpc) is 3.39. The van der Waals surface area contributed by atoms with E-state index in [1.807, 2.05) is 24.3 Å². The van der Waals surface area contributed by atoms with Gasteiger partial charge in [-0.1, -0.05) is 12.1 Å².